The molecule has 8 heteroatoms. The van der Waals surface area contributed by atoms with E-state index in [9.17, 15) is 16.8 Å². The monoisotopic (exact) mass is 459 g/mol. The molecule has 0 spiro atoms. The molecule has 0 aliphatic carbocycles. The Labute approximate surface area is 183 Å². The average Bonchev–Trinajstić information content (AvgIpc) is 2.74. The molecule has 31 heavy (non-hydrogen) atoms. The van der Waals surface area contributed by atoms with Crippen LogP contribution in [0.25, 0.3) is 0 Å². The Morgan fingerprint density at radius 3 is 2.16 bits per heavy atom. The number of methoxy groups -OCH3 is 1. The minimum atomic E-state index is -3.91. The van der Waals surface area contributed by atoms with Gasteiger partial charge < -0.3 is 4.74 Å². The number of nitrogens with one attached hydrogen (secondary N) is 1. The van der Waals surface area contributed by atoms with E-state index in [2.05, 4.69) is 4.72 Å². The standard InChI is InChI=1S/C23H25NO5S2/c1-17-8-11-20(12-9-17)30(25,26)21-13-10-18(2)23(16-21)31(27,28)24-15-14-19-6-4-5-7-22(19)29-3/h4-13,16,24H,14-15H2,1-3H3. The highest BCUT2D eigenvalue weighted by Gasteiger charge is 2.23. The molecule has 0 bridgehead atoms. The lowest BCUT2D eigenvalue weighted by atomic mass is 10.1. The van der Waals surface area contributed by atoms with Crippen LogP contribution in [0.15, 0.2) is 81.4 Å². The predicted octanol–water partition coefficient (Wildman–Crippen LogP) is 3.67. The fourth-order valence-electron chi connectivity index (χ4n) is 3.20. The van der Waals surface area contributed by atoms with E-state index in [0.29, 0.717) is 17.7 Å². The summed E-state index contributed by atoms with van der Waals surface area (Å²) in [5.74, 6) is 0.684. The molecule has 0 fully saturated rings. The summed E-state index contributed by atoms with van der Waals surface area (Å²) in [4.78, 5) is 0.00204. The molecule has 0 amide bonds. The number of ether oxygens (including phenoxy) is 1. The molecule has 6 nitrogen and oxygen atoms in total. The highest BCUT2D eigenvalue weighted by atomic mass is 32.2. The van der Waals surface area contributed by atoms with Crippen molar-refractivity contribution in [2.24, 2.45) is 0 Å². The van der Waals surface area contributed by atoms with Crippen LogP contribution in [-0.2, 0) is 26.3 Å². The molecule has 0 aliphatic rings. The third-order valence-electron chi connectivity index (χ3n) is 4.97. The maximum atomic E-state index is 13.0. The summed E-state index contributed by atoms with van der Waals surface area (Å²) in [6.07, 6.45) is 0.434. The van der Waals surface area contributed by atoms with Gasteiger partial charge in [-0.15, -0.1) is 0 Å². The maximum Gasteiger partial charge on any atom is 0.240 e. The molecule has 3 rings (SSSR count). The number of benzene rings is 3. The SMILES string of the molecule is COc1ccccc1CCNS(=O)(=O)c1cc(S(=O)(=O)c2ccc(C)cc2)ccc1C. The molecule has 0 radical (unpaired) electrons. The molecule has 3 aromatic rings. The average molecular weight is 460 g/mol. The van der Waals surface area contributed by atoms with E-state index >= 15 is 0 Å². The maximum absolute atomic E-state index is 13.0. The first-order chi connectivity index (χ1) is 14.6. The number of aryl methyl sites for hydroxylation is 2. The highest BCUT2D eigenvalue weighted by molar-refractivity contribution is 7.91. The number of sulfonamides is 1. The molecular weight excluding hydrogens is 434 g/mol. The summed E-state index contributed by atoms with van der Waals surface area (Å²) in [6.45, 7) is 3.65. The van der Waals surface area contributed by atoms with Gasteiger partial charge in [0.05, 0.1) is 21.8 Å². The van der Waals surface area contributed by atoms with Crippen LogP contribution < -0.4 is 9.46 Å². The lowest BCUT2D eigenvalue weighted by Crippen LogP contribution is -2.27. The van der Waals surface area contributed by atoms with Crippen molar-refractivity contribution in [2.45, 2.75) is 35.0 Å². The largest absolute Gasteiger partial charge is 0.496 e. The topological polar surface area (TPSA) is 89.5 Å². The number of para-hydroxylation sites is 1. The van der Waals surface area contributed by atoms with Crippen molar-refractivity contribution in [1.29, 1.82) is 0 Å². The predicted molar refractivity (Wildman–Crippen MR) is 120 cm³/mol. The number of hydrogen-bond acceptors (Lipinski definition) is 5. The van der Waals surface area contributed by atoms with Gasteiger partial charge in [-0.05, 0) is 61.7 Å². The fourth-order valence-corrected chi connectivity index (χ4v) is 5.86. The number of hydrogen-bond donors (Lipinski definition) is 1. The summed E-state index contributed by atoms with van der Waals surface area (Å²) >= 11 is 0. The zero-order chi connectivity index (χ0) is 22.6. The first kappa shape index (κ1) is 23.0. The number of sulfone groups is 1. The van der Waals surface area contributed by atoms with Crippen molar-refractivity contribution in [2.75, 3.05) is 13.7 Å². The van der Waals surface area contributed by atoms with Gasteiger partial charge in [0.25, 0.3) is 0 Å². The van der Waals surface area contributed by atoms with Gasteiger partial charge in [0.1, 0.15) is 5.75 Å². The molecule has 0 saturated heterocycles. The quantitative estimate of drug-likeness (QED) is 0.555. The Morgan fingerprint density at radius 2 is 1.48 bits per heavy atom. The Bertz CT molecular complexity index is 1280. The Balaban J connectivity index is 1.85. The highest BCUT2D eigenvalue weighted by Crippen LogP contribution is 2.26. The summed E-state index contributed by atoms with van der Waals surface area (Å²) in [7, 11) is -6.18. The van der Waals surface area contributed by atoms with Gasteiger partial charge in [-0.25, -0.2) is 21.6 Å². The zero-order valence-corrected chi connectivity index (χ0v) is 19.3. The van der Waals surface area contributed by atoms with E-state index in [-0.39, 0.29) is 21.2 Å². The third kappa shape index (κ3) is 5.15. The lowest BCUT2D eigenvalue weighted by molar-refractivity contribution is 0.409. The van der Waals surface area contributed by atoms with E-state index in [0.717, 1.165) is 11.1 Å². The van der Waals surface area contributed by atoms with Gasteiger partial charge in [0.2, 0.25) is 19.9 Å². The van der Waals surface area contributed by atoms with Crippen molar-refractivity contribution in [3.05, 3.63) is 83.4 Å². The molecule has 3 aromatic carbocycles. The van der Waals surface area contributed by atoms with E-state index < -0.39 is 19.9 Å². The molecule has 0 aliphatic heterocycles. The van der Waals surface area contributed by atoms with Gasteiger partial charge in [-0.1, -0.05) is 42.0 Å². The second-order valence-corrected chi connectivity index (χ2v) is 10.9. The van der Waals surface area contributed by atoms with Crippen LogP contribution in [0.4, 0.5) is 0 Å². The molecule has 164 valence electrons. The lowest BCUT2D eigenvalue weighted by Gasteiger charge is -2.13. The number of rotatable bonds is 8. The summed E-state index contributed by atoms with van der Waals surface area (Å²) in [5.41, 5.74) is 2.28. The van der Waals surface area contributed by atoms with Crippen LogP contribution in [0.1, 0.15) is 16.7 Å². The molecule has 0 heterocycles. The van der Waals surface area contributed by atoms with Crippen LogP contribution in [0, 0.1) is 13.8 Å². The van der Waals surface area contributed by atoms with Gasteiger partial charge in [-0.2, -0.15) is 0 Å². The van der Waals surface area contributed by atoms with Crippen molar-refractivity contribution < 1.29 is 21.6 Å². The summed E-state index contributed by atoms with van der Waals surface area (Å²) in [6, 6.07) is 18.0. The second-order valence-electron chi connectivity index (χ2n) is 7.20. The van der Waals surface area contributed by atoms with Crippen molar-refractivity contribution in [3.8, 4) is 5.75 Å². The molecule has 0 aromatic heterocycles. The summed E-state index contributed by atoms with van der Waals surface area (Å²) in [5, 5.41) is 0. The first-order valence-corrected chi connectivity index (χ1v) is 12.7. The third-order valence-corrected chi connectivity index (χ3v) is 8.34. The van der Waals surface area contributed by atoms with Gasteiger partial charge in [-0.3, -0.25) is 0 Å². The first-order valence-electron chi connectivity index (χ1n) is 9.69. The molecule has 0 atom stereocenters. The van der Waals surface area contributed by atoms with Gasteiger partial charge in [0, 0.05) is 6.54 Å². The van der Waals surface area contributed by atoms with Gasteiger partial charge in [0.15, 0.2) is 0 Å². The fraction of sp³-hybridized carbons (Fsp3) is 0.217. The molecule has 1 N–H and O–H groups in total. The summed E-state index contributed by atoms with van der Waals surface area (Å²) < 4.78 is 59.6. The minimum Gasteiger partial charge on any atom is -0.496 e. The van der Waals surface area contributed by atoms with Crippen molar-refractivity contribution >= 4 is 19.9 Å². The van der Waals surface area contributed by atoms with Crippen LogP contribution in [-0.4, -0.2) is 30.5 Å². The Morgan fingerprint density at radius 1 is 0.839 bits per heavy atom. The Hall–Kier alpha value is -2.68. The van der Waals surface area contributed by atoms with E-state index in [4.69, 9.17) is 4.74 Å². The van der Waals surface area contributed by atoms with E-state index in [1.165, 1.54) is 30.3 Å². The van der Waals surface area contributed by atoms with Crippen LogP contribution in [0.3, 0.4) is 0 Å². The molecule has 0 saturated carbocycles. The molecule has 0 unspecified atom stereocenters. The van der Waals surface area contributed by atoms with Gasteiger partial charge >= 0.3 is 0 Å². The van der Waals surface area contributed by atoms with Crippen LogP contribution in [0.2, 0.25) is 0 Å². The molecular formula is C23H25NO5S2. The van der Waals surface area contributed by atoms with Crippen molar-refractivity contribution in [1.82, 2.24) is 4.72 Å². The zero-order valence-electron chi connectivity index (χ0n) is 17.6. The smallest absolute Gasteiger partial charge is 0.240 e. The van der Waals surface area contributed by atoms with Crippen LogP contribution in [0.5, 0.6) is 5.75 Å². The van der Waals surface area contributed by atoms with Crippen LogP contribution >= 0.6 is 0 Å². The second kappa shape index (κ2) is 9.21. The van der Waals surface area contributed by atoms with E-state index in [1.54, 1.807) is 26.2 Å². The normalized spacial score (nSPS) is 12.0. The van der Waals surface area contributed by atoms with E-state index in [1.807, 2.05) is 31.2 Å². The van der Waals surface area contributed by atoms with Crippen molar-refractivity contribution in [3.63, 3.8) is 0 Å². The minimum absolute atomic E-state index is 0.0549. The Kier molecular flexibility index (Phi) is 6.83.